The fraction of sp³-hybridized carbons (Fsp3) is 0.375. The summed E-state index contributed by atoms with van der Waals surface area (Å²) in [7, 11) is 0. The number of aryl methyl sites for hydroxylation is 1. The number of benzene rings is 2. The van der Waals surface area contributed by atoms with E-state index in [0.717, 1.165) is 12.8 Å². The zero-order chi connectivity index (χ0) is 21.8. The first kappa shape index (κ1) is 21.6. The van der Waals surface area contributed by atoms with Crippen LogP contribution in [0.3, 0.4) is 0 Å². The first-order valence-electron chi connectivity index (χ1n) is 10.7. The van der Waals surface area contributed by atoms with E-state index in [1.165, 1.54) is 41.7 Å². The molecule has 1 saturated carbocycles. The summed E-state index contributed by atoms with van der Waals surface area (Å²) in [5, 5.41) is 3.84. The number of hydrogen-bond acceptors (Lipinski definition) is 4. The van der Waals surface area contributed by atoms with Crippen LogP contribution in [0.4, 0.5) is 4.39 Å². The molecule has 4 rings (SSSR count). The minimum Gasteiger partial charge on any atom is -0.355 e. The number of para-hydroxylation sites is 1. The van der Waals surface area contributed by atoms with E-state index in [-0.39, 0.29) is 17.2 Å². The maximum Gasteiger partial charge on any atom is 0.266 e. The minimum absolute atomic E-state index is 0.0837. The van der Waals surface area contributed by atoms with Gasteiger partial charge in [0.2, 0.25) is 5.91 Å². The Balaban J connectivity index is 1.59. The third-order valence-electron chi connectivity index (χ3n) is 5.80. The van der Waals surface area contributed by atoms with E-state index in [0.29, 0.717) is 39.8 Å². The molecule has 1 amide bonds. The van der Waals surface area contributed by atoms with Crippen molar-refractivity contribution >= 4 is 28.6 Å². The molecule has 2 aromatic carbocycles. The number of thioether (sulfide) groups is 1. The largest absolute Gasteiger partial charge is 0.355 e. The number of halogens is 1. The van der Waals surface area contributed by atoms with Crippen LogP contribution >= 0.6 is 11.8 Å². The van der Waals surface area contributed by atoms with Crippen molar-refractivity contribution < 1.29 is 9.18 Å². The van der Waals surface area contributed by atoms with Crippen molar-refractivity contribution in [2.24, 2.45) is 5.92 Å². The molecule has 0 radical (unpaired) electrons. The fourth-order valence-electron chi connectivity index (χ4n) is 3.99. The predicted octanol–water partition coefficient (Wildman–Crippen LogP) is 4.62. The molecule has 1 heterocycles. The Morgan fingerprint density at radius 2 is 1.97 bits per heavy atom. The molecule has 5 nitrogen and oxygen atoms in total. The molecule has 1 aliphatic carbocycles. The highest BCUT2D eigenvalue weighted by molar-refractivity contribution is 7.99. The molecule has 0 bridgehead atoms. The lowest BCUT2D eigenvalue weighted by Crippen LogP contribution is -2.31. The van der Waals surface area contributed by atoms with Gasteiger partial charge in [-0.15, -0.1) is 0 Å². The molecule has 31 heavy (non-hydrogen) atoms. The van der Waals surface area contributed by atoms with Crippen LogP contribution in [0.15, 0.2) is 52.4 Å². The highest BCUT2D eigenvalue weighted by Gasteiger charge is 2.17. The average molecular weight is 440 g/mol. The second-order valence-corrected chi connectivity index (χ2v) is 9.02. The first-order chi connectivity index (χ1) is 15.0. The van der Waals surface area contributed by atoms with Crippen molar-refractivity contribution in [1.29, 1.82) is 0 Å². The van der Waals surface area contributed by atoms with E-state index in [2.05, 4.69) is 10.3 Å². The summed E-state index contributed by atoms with van der Waals surface area (Å²) < 4.78 is 15.6. The third-order valence-corrected chi connectivity index (χ3v) is 6.74. The Bertz CT molecular complexity index is 1160. The van der Waals surface area contributed by atoms with Crippen LogP contribution in [0, 0.1) is 18.7 Å². The number of aromatic nitrogens is 2. The SMILES string of the molecule is Cc1ccc(-n2c(SCC(=O)NCC3CCCCC3)nc3ccccc3c2=O)cc1F. The molecule has 0 spiro atoms. The monoisotopic (exact) mass is 439 g/mol. The molecule has 7 heteroatoms. The first-order valence-corrected chi connectivity index (χ1v) is 11.7. The van der Waals surface area contributed by atoms with Gasteiger partial charge in [-0.1, -0.05) is 49.2 Å². The Morgan fingerprint density at radius 3 is 2.74 bits per heavy atom. The summed E-state index contributed by atoms with van der Waals surface area (Å²) in [5.41, 5.74) is 1.18. The van der Waals surface area contributed by atoms with Crippen molar-refractivity contribution in [2.45, 2.75) is 44.2 Å². The smallest absolute Gasteiger partial charge is 0.266 e. The number of carbonyl (C=O) groups excluding carboxylic acids is 1. The van der Waals surface area contributed by atoms with Gasteiger partial charge in [0.1, 0.15) is 5.82 Å². The van der Waals surface area contributed by atoms with E-state index in [1.807, 2.05) is 6.07 Å². The Morgan fingerprint density at radius 1 is 1.19 bits per heavy atom. The van der Waals surface area contributed by atoms with Gasteiger partial charge in [-0.3, -0.25) is 14.2 Å². The minimum atomic E-state index is -0.390. The molecule has 0 aliphatic heterocycles. The van der Waals surface area contributed by atoms with E-state index >= 15 is 0 Å². The van der Waals surface area contributed by atoms with Gasteiger partial charge < -0.3 is 5.32 Å². The van der Waals surface area contributed by atoms with Crippen LogP contribution in [0.1, 0.15) is 37.7 Å². The highest BCUT2D eigenvalue weighted by atomic mass is 32.2. The standard InChI is InChI=1S/C24H26FN3O2S/c1-16-11-12-18(13-20(16)25)28-23(30)19-9-5-6-10-21(19)27-24(28)31-15-22(29)26-14-17-7-3-2-4-8-17/h5-6,9-13,17H,2-4,7-8,14-15H2,1H3,(H,26,29). The summed E-state index contributed by atoms with van der Waals surface area (Å²) in [6.07, 6.45) is 6.08. The quantitative estimate of drug-likeness (QED) is 0.450. The van der Waals surface area contributed by atoms with Gasteiger partial charge in [-0.2, -0.15) is 0 Å². The lowest BCUT2D eigenvalue weighted by atomic mass is 9.89. The molecule has 1 aromatic heterocycles. The summed E-state index contributed by atoms with van der Waals surface area (Å²) in [6, 6.07) is 11.7. The van der Waals surface area contributed by atoms with Gasteiger partial charge in [0.15, 0.2) is 5.16 Å². The van der Waals surface area contributed by atoms with Crippen LogP contribution in [0.25, 0.3) is 16.6 Å². The Hall–Kier alpha value is -2.67. The second-order valence-electron chi connectivity index (χ2n) is 8.08. The Labute approximate surface area is 185 Å². The molecule has 0 atom stereocenters. The lowest BCUT2D eigenvalue weighted by Gasteiger charge is -2.21. The fourth-order valence-corrected chi connectivity index (χ4v) is 4.83. The number of carbonyl (C=O) groups is 1. The van der Waals surface area contributed by atoms with Crippen molar-refractivity contribution in [2.75, 3.05) is 12.3 Å². The summed E-state index contributed by atoms with van der Waals surface area (Å²) in [4.78, 5) is 30.3. The zero-order valence-corrected chi connectivity index (χ0v) is 18.4. The molecular formula is C24H26FN3O2S. The number of hydrogen-bond donors (Lipinski definition) is 1. The van der Waals surface area contributed by atoms with Gasteiger partial charge in [-0.25, -0.2) is 9.37 Å². The molecule has 0 saturated heterocycles. The molecule has 1 N–H and O–H groups in total. The zero-order valence-electron chi connectivity index (χ0n) is 17.6. The summed E-state index contributed by atoms with van der Waals surface area (Å²) in [5.74, 6) is 0.222. The topological polar surface area (TPSA) is 64.0 Å². The predicted molar refractivity (Wildman–Crippen MR) is 122 cm³/mol. The molecule has 3 aromatic rings. The summed E-state index contributed by atoms with van der Waals surface area (Å²) in [6.45, 7) is 2.37. The normalized spacial score (nSPS) is 14.6. The van der Waals surface area contributed by atoms with Crippen molar-refractivity contribution in [3.8, 4) is 5.69 Å². The van der Waals surface area contributed by atoms with E-state index in [4.69, 9.17) is 0 Å². The van der Waals surface area contributed by atoms with E-state index in [9.17, 15) is 14.0 Å². The second kappa shape index (κ2) is 9.64. The maximum atomic E-state index is 14.2. The van der Waals surface area contributed by atoms with Gasteiger partial charge in [0.05, 0.1) is 22.3 Å². The number of nitrogens with zero attached hydrogens (tertiary/aromatic N) is 2. The van der Waals surface area contributed by atoms with Crippen LogP contribution in [-0.2, 0) is 4.79 Å². The van der Waals surface area contributed by atoms with Gasteiger partial charge in [0, 0.05) is 6.54 Å². The van der Waals surface area contributed by atoms with Crippen molar-refractivity contribution in [1.82, 2.24) is 14.9 Å². The van der Waals surface area contributed by atoms with Crippen molar-refractivity contribution in [3.63, 3.8) is 0 Å². The number of amides is 1. The van der Waals surface area contributed by atoms with E-state index < -0.39 is 5.82 Å². The Kier molecular flexibility index (Phi) is 6.70. The molecule has 162 valence electrons. The number of rotatable bonds is 6. The van der Waals surface area contributed by atoms with Crippen LogP contribution in [0.5, 0.6) is 0 Å². The average Bonchev–Trinajstić information content (AvgIpc) is 2.79. The van der Waals surface area contributed by atoms with Gasteiger partial charge in [-0.05, 0) is 55.5 Å². The molecule has 1 fully saturated rings. The number of fused-ring (bicyclic) bond motifs is 1. The molecule has 0 unspecified atom stereocenters. The van der Waals surface area contributed by atoms with Gasteiger partial charge >= 0.3 is 0 Å². The summed E-state index contributed by atoms with van der Waals surface area (Å²) >= 11 is 1.19. The van der Waals surface area contributed by atoms with Crippen LogP contribution < -0.4 is 10.9 Å². The molecular weight excluding hydrogens is 413 g/mol. The van der Waals surface area contributed by atoms with E-state index in [1.54, 1.807) is 37.3 Å². The maximum absolute atomic E-state index is 14.2. The number of nitrogens with one attached hydrogen (secondary N) is 1. The molecule has 1 aliphatic rings. The van der Waals surface area contributed by atoms with Crippen molar-refractivity contribution in [3.05, 3.63) is 64.2 Å². The van der Waals surface area contributed by atoms with Gasteiger partial charge in [0.25, 0.3) is 5.56 Å². The van der Waals surface area contributed by atoms with Crippen LogP contribution in [-0.4, -0.2) is 27.8 Å². The third kappa shape index (κ3) is 4.98. The highest BCUT2D eigenvalue weighted by Crippen LogP contribution is 2.24. The lowest BCUT2D eigenvalue weighted by molar-refractivity contribution is -0.118. The van der Waals surface area contributed by atoms with Crippen LogP contribution in [0.2, 0.25) is 0 Å².